The lowest BCUT2D eigenvalue weighted by Crippen LogP contribution is -2.35. The maximum absolute atomic E-state index is 12.8. The van der Waals surface area contributed by atoms with Crippen LogP contribution in [0.3, 0.4) is 0 Å². The highest BCUT2D eigenvalue weighted by Gasteiger charge is 2.34. The van der Waals surface area contributed by atoms with Gasteiger partial charge in [-0.15, -0.1) is 0 Å². The van der Waals surface area contributed by atoms with Gasteiger partial charge in [-0.1, -0.05) is 54.1 Å². The van der Waals surface area contributed by atoms with Crippen molar-refractivity contribution in [2.45, 2.75) is 13.5 Å². The van der Waals surface area contributed by atoms with Crippen LogP contribution in [0.2, 0.25) is 0 Å². The van der Waals surface area contributed by atoms with Gasteiger partial charge < -0.3 is 9.47 Å². The van der Waals surface area contributed by atoms with Gasteiger partial charge in [0.2, 0.25) is 0 Å². The monoisotopic (exact) mass is 414 g/mol. The fourth-order valence-electron chi connectivity index (χ4n) is 3.23. The first-order valence-corrected chi connectivity index (χ1v) is 9.84. The topological polar surface area (TPSA) is 67.9 Å². The largest absolute Gasteiger partial charge is 0.493 e. The fraction of sp³-hybridized carbons (Fsp3) is 0.120. The molecule has 2 amide bonds. The average Bonchev–Trinajstić information content (AvgIpc) is 3.07. The van der Waals surface area contributed by atoms with Gasteiger partial charge in [-0.2, -0.15) is 0 Å². The van der Waals surface area contributed by atoms with Crippen molar-refractivity contribution >= 4 is 23.6 Å². The van der Waals surface area contributed by atoms with E-state index in [9.17, 15) is 9.59 Å². The summed E-state index contributed by atoms with van der Waals surface area (Å²) in [6.07, 6.45) is 1.55. The van der Waals surface area contributed by atoms with Crippen LogP contribution in [0.1, 0.15) is 16.7 Å². The number of nitrogens with one attached hydrogen (secondary N) is 1. The van der Waals surface area contributed by atoms with E-state index in [0.29, 0.717) is 29.4 Å². The first kappa shape index (κ1) is 20.2. The maximum Gasteiger partial charge on any atom is 0.282 e. The zero-order valence-corrected chi connectivity index (χ0v) is 17.3. The molecule has 1 saturated heterocycles. The van der Waals surface area contributed by atoms with E-state index in [-0.39, 0.29) is 5.57 Å². The summed E-state index contributed by atoms with van der Waals surface area (Å²) in [5, 5.41) is 1.25. The summed E-state index contributed by atoms with van der Waals surface area (Å²) in [5.74, 6) is 0.245. The van der Waals surface area contributed by atoms with Crippen LogP contribution in [-0.4, -0.2) is 18.9 Å². The lowest BCUT2D eigenvalue weighted by molar-refractivity contribution is -0.117. The van der Waals surface area contributed by atoms with Gasteiger partial charge in [0, 0.05) is 0 Å². The normalized spacial score (nSPS) is 14.6. The number of aryl methyl sites for hydroxylation is 1. The predicted octanol–water partition coefficient (Wildman–Crippen LogP) is 4.04. The van der Waals surface area contributed by atoms with Gasteiger partial charge in [0.1, 0.15) is 12.2 Å². The Morgan fingerprint density at radius 2 is 1.68 bits per heavy atom. The molecule has 31 heavy (non-hydrogen) atoms. The minimum atomic E-state index is -0.450. The Morgan fingerprint density at radius 3 is 2.39 bits per heavy atom. The summed E-state index contributed by atoms with van der Waals surface area (Å²) in [6.45, 7) is 2.37. The van der Waals surface area contributed by atoms with Crippen LogP contribution >= 0.6 is 0 Å². The summed E-state index contributed by atoms with van der Waals surface area (Å²) in [6, 6.07) is 22.5. The summed E-state index contributed by atoms with van der Waals surface area (Å²) >= 11 is 0. The summed E-state index contributed by atoms with van der Waals surface area (Å²) in [4.78, 5) is 25.2. The van der Waals surface area contributed by atoms with Gasteiger partial charge in [0.25, 0.3) is 11.8 Å². The maximum atomic E-state index is 12.8. The standard InChI is InChI=1S/C25H22N2O4/c1-17-8-11-20(12-9-17)27-25(29)21(24(28)26-27)14-19-10-13-22(23(15-19)30-2)31-16-18-6-4-3-5-7-18/h3-15H,16H2,1-2H3,(H,26,28). The van der Waals surface area contributed by atoms with E-state index in [1.54, 1.807) is 43.5 Å². The van der Waals surface area contributed by atoms with Crippen LogP contribution in [0.4, 0.5) is 5.69 Å². The quantitative estimate of drug-likeness (QED) is 0.488. The number of hydrogen-bond donors (Lipinski definition) is 1. The smallest absolute Gasteiger partial charge is 0.282 e. The fourth-order valence-corrected chi connectivity index (χ4v) is 3.23. The van der Waals surface area contributed by atoms with Crippen molar-refractivity contribution in [1.82, 2.24) is 5.43 Å². The van der Waals surface area contributed by atoms with Crippen LogP contribution < -0.4 is 19.9 Å². The van der Waals surface area contributed by atoms with Gasteiger partial charge >= 0.3 is 0 Å². The third-order valence-corrected chi connectivity index (χ3v) is 4.92. The van der Waals surface area contributed by atoms with Crippen molar-refractivity contribution in [2.24, 2.45) is 0 Å². The number of carbonyl (C=O) groups is 2. The molecule has 0 unspecified atom stereocenters. The van der Waals surface area contributed by atoms with Crippen molar-refractivity contribution in [3.63, 3.8) is 0 Å². The molecule has 156 valence electrons. The lowest BCUT2D eigenvalue weighted by atomic mass is 10.1. The van der Waals surface area contributed by atoms with E-state index in [0.717, 1.165) is 11.1 Å². The zero-order valence-electron chi connectivity index (χ0n) is 17.3. The number of benzene rings is 3. The SMILES string of the molecule is COc1cc(C=C2C(=O)NN(c3ccc(C)cc3)C2=O)ccc1OCc1ccccc1. The molecule has 3 aromatic rings. The van der Waals surface area contributed by atoms with Gasteiger partial charge in [-0.3, -0.25) is 15.0 Å². The molecule has 0 saturated carbocycles. The van der Waals surface area contributed by atoms with E-state index in [1.165, 1.54) is 5.01 Å². The second kappa shape index (κ2) is 8.75. The molecule has 0 spiro atoms. The van der Waals surface area contributed by atoms with E-state index in [2.05, 4.69) is 5.43 Å². The van der Waals surface area contributed by atoms with Crippen molar-refractivity contribution in [2.75, 3.05) is 12.1 Å². The number of amides is 2. The molecule has 0 atom stereocenters. The second-order valence-electron chi connectivity index (χ2n) is 7.16. The highest BCUT2D eigenvalue weighted by molar-refractivity contribution is 6.31. The molecule has 1 fully saturated rings. The number of rotatable bonds is 6. The lowest BCUT2D eigenvalue weighted by Gasteiger charge is -2.14. The van der Waals surface area contributed by atoms with E-state index in [4.69, 9.17) is 9.47 Å². The molecule has 0 aromatic heterocycles. The zero-order chi connectivity index (χ0) is 21.8. The number of methoxy groups -OCH3 is 1. The Bertz CT molecular complexity index is 1140. The number of ether oxygens (including phenoxy) is 2. The van der Waals surface area contributed by atoms with Gasteiger partial charge in [0.05, 0.1) is 12.8 Å². The molecule has 1 aliphatic rings. The van der Waals surface area contributed by atoms with E-state index >= 15 is 0 Å². The van der Waals surface area contributed by atoms with Crippen molar-refractivity contribution in [3.05, 3.63) is 95.1 Å². The average molecular weight is 414 g/mol. The third-order valence-electron chi connectivity index (χ3n) is 4.92. The summed E-state index contributed by atoms with van der Waals surface area (Å²) in [5.41, 5.74) is 6.04. The molecule has 4 rings (SSSR count). The Kier molecular flexibility index (Phi) is 5.71. The minimum Gasteiger partial charge on any atom is -0.493 e. The number of hydrogen-bond acceptors (Lipinski definition) is 4. The van der Waals surface area contributed by atoms with Crippen LogP contribution in [0.25, 0.3) is 6.08 Å². The molecule has 1 aliphatic heterocycles. The van der Waals surface area contributed by atoms with Gasteiger partial charge in [0.15, 0.2) is 11.5 Å². The molecule has 1 heterocycles. The van der Waals surface area contributed by atoms with E-state index in [1.807, 2.05) is 49.4 Å². The predicted molar refractivity (Wildman–Crippen MR) is 119 cm³/mol. The van der Waals surface area contributed by atoms with Crippen molar-refractivity contribution < 1.29 is 19.1 Å². The first-order valence-electron chi connectivity index (χ1n) is 9.84. The number of nitrogens with zero attached hydrogens (tertiary/aromatic N) is 1. The van der Waals surface area contributed by atoms with Crippen molar-refractivity contribution in [1.29, 1.82) is 0 Å². The molecule has 6 nitrogen and oxygen atoms in total. The molecule has 3 aromatic carbocycles. The summed E-state index contributed by atoms with van der Waals surface area (Å²) < 4.78 is 11.3. The van der Waals surface area contributed by atoms with Gasteiger partial charge in [-0.05, 0) is 48.4 Å². The second-order valence-corrected chi connectivity index (χ2v) is 7.16. The molecular formula is C25H22N2O4. The Balaban J connectivity index is 1.54. The van der Waals surface area contributed by atoms with E-state index < -0.39 is 11.8 Å². The van der Waals surface area contributed by atoms with Crippen LogP contribution in [0, 0.1) is 6.92 Å². The van der Waals surface area contributed by atoms with Crippen LogP contribution in [-0.2, 0) is 16.2 Å². The Labute approximate surface area is 180 Å². The Hall–Kier alpha value is -4.06. The summed E-state index contributed by atoms with van der Waals surface area (Å²) in [7, 11) is 1.55. The highest BCUT2D eigenvalue weighted by Crippen LogP contribution is 2.30. The highest BCUT2D eigenvalue weighted by atomic mass is 16.5. The van der Waals surface area contributed by atoms with Gasteiger partial charge in [-0.25, -0.2) is 5.01 Å². The number of anilines is 1. The molecule has 0 aliphatic carbocycles. The molecular weight excluding hydrogens is 392 g/mol. The number of hydrazine groups is 1. The molecule has 0 bridgehead atoms. The van der Waals surface area contributed by atoms with Crippen molar-refractivity contribution in [3.8, 4) is 11.5 Å². The molecule has 6 heteroatoms. The third kappa shape index (κ3) is 4.43. The minimum absolute atomic E-state index is 0.0561. The Morgan fingerprint density at radius 1 is 0.935 bits per heavy atom. The number of carbonyl (C=O) groups excluding carboxylic acids is 2. The first-order chi connectivity index (χ1) is 15.0. The van der Waals surface area contributed by atoms with Crippen LogP contribution in [0.5, 0.6) is 11.5 Å². The molecule has 0 radical (unpaired) electrons. The molecule has 1 N–H and O–H groups in total. The van der Waals surface area contributed by atoms with Crippen LogP contribution in [0.15, 0.2) is 78.4 Å².